The molecule has 1 aromatic heterocycles. The number of carbonyl (C=O) groups is 4. The van der Waals surface area contributed by atoms with Gasteiger partial charge in [0, 0.05) is 23.9 Å². The predicted octanol–water partition coefficient (Wildman–Crippen LogP) is -0.647. The molecule has 0 unspecified atom stereocenters. The molecule has 0 bridgehead atoms. The lowest BCUT2D eigenvalue weighted by Crippen LogP contribution is -2.53. The van der Waals surface area contributed by atoms with Gasteiger partial charge in [0.2, 0.25) is 17.7 Å². The van der Waals surface area contributed by atoms with Crippen molar-refractivity contribution in [3.63, 3.8) is 0 Å². The Morgan fingerprint density at radius 2 is 2.00 bits per heavy atom. The van der Waals surface area contributed by atoms with Crippen molar-refractivity contribution in [2.24, 2.45) is 0 Å². The lowest BCUT2D eigenvalue weighted by atomic mass is 10.2. The highest BCUT2D eigenvalue weighted by Crippen LogP contribution is 2.05. The minimum atomic E-state index is -0.489. The number of imide groups is 1. The van der Waals surface area contributed by atoms with E-state index in [0.29, 0.717) is 5.56 Å². The topological polar surface area (TPSA) is 95.6 Å². The van der Waals surface area contributed by atoms with Crippen LogP contribution in [0.5, 0.6) is 0 Å². The Hall–Kier alpha value is -2.22. The molecule has 1 saturated heterocycles. The maximum Gasteiger partial charge on any atom is 0.252 e. The van der Waals surface area contributed by atoms with Crippen molar-refractivity contribution in [1.82, 2.24) is 15.5 Å². The van der Waals surface area contributed by atoms with Crippen LogP contribution >= 0.6 is 11.3 Å². The summed E-state index contributed by atoms with van der Waals surface area (Å²) < 4.78 is 0. The Kier molecular flexibility index (Phi) is 4.46. The monoisotopic (exact) mass is 295 g/mol. The van der Waals surface area contributed by atoms with Crippen molar-refractivity contribution >= 4 is 35.0 Å². The third-order valence-corrected chi connectivity index (χ3v) is 3.39. The standard InChI is InChI=1S/C12H13N3O4S/c16-9-5-15(6-10(17)14-9)11(18)1-3-13-12(19)8-2-4-20-7-8/h2,4,7H,1,3,5-6H2,(H,13,19)(H,14,16,17). The Morgan fingerprint density at radius 1 is 1.30 bits per heavy atom. The van der Waals surface area contributed by atoms with Gasteiger partial charge in [0.25, 0.3) is 5.91 Å². The zero-order chi connectivity index (χ0) is 14.5. The molecule has 2 N–H and O–H groups in total. The third-order valence-electron chi connectivity index (χ3n) is 2.71. The fraction of sp³-hybridized carbons (Fsp3) is 0.333. The average Bonchev–Trinajstić information content (AvgIpc) is 2.91. The summed E-state index contributed by atoms with van der Waals surface area (Å²) in [6.07, 6.45) is 0.0520. The first-order chi connectivity index (χ1) is 9.56. The van der Waals surface area contributed by atoms with E-state index in [-0.39, 0.29) is 37.9 Å². The number of piperazine rings is 1. The van der Waals surface area contributed by atoms with Crippen LogP contribution in [0.4, 0.5) is 0 Å². The normalized spacial score (nSPS) is 14.9. The molecule has 8 heteroatoms. The molecule has 1 aliphatic rings. The number of hydrogen-bond donors (Lipinski definition) is 2. The van der Waals surface area contributed by atoms with E-state index in [2.05, 4.69) is 10.6 Å². The number of thiophene rings is 1. The quantitative estimate of drug-likeness (QED) is 0.722. The molecule has 0 aliphatic carbocycles. The van der Waals surface area contributed by atoms with Crippen LogP contribution in [0.25, 0.3) is 0 Å². The maximum atomic E-state index is 11.8. The van der Waals surface area contributed by atoms with Gasteiger partial charge in [0.15, 0.2) is 0 Å². The number of nitrogens with one attached hydrogen (secondary N) is 2. The molecule has 0 spiro atoms. The smallest absolute Gasteiger partial charge is 0.252 e. The summed E-state index contributed by atoms with van der Waals surface area (Å²) in [5.41, 5.74) is 0.551. The second-order valence-corrected chi connectivity index (χ2v) is 5.02. The van der Waals surface area contributed by atoms with Crippen molar-refractivity contribution in [2.45, 2.75) is 6.42 Å². The van der Waals surface area contributed by atoms with Gasteiger partial charge in [0.1, 0.15) is 13.1 Å². The summed E-state index contributed by atoms with van der Waals surface area (Å²) >= 11 is 1.41. The molecule has 2 heterocycles. The van der Waals surface area contributed by atoms with Crippen molar-refractivity contribution in [2.75, 3.05) is 19.6 Å². The Balaban J connectivity index is 1.76. The van der Waals surface area contributed by atoms with Gasteiger partial charge in [-0.15, -0.1) is 0 Å². The summed E-state index contributed by atoms with van der Waals surface area (Å²) in [6, 6.07) is 1.69. The molecule has 20 heavy (non-hydrogen) atoms. The van der Waals surface area contributed by atoms with E-state index in [1.54, 1.807) is 16.8 Å². The first-order valence-electron chi connectivity index (χ1n) is 5.97. The highest BCUT2D eigenvalue weighted by atomic mass is 32.1. The maximum absolute atomic E-state index is 11.8. The van der Waals surface area contributed by atoms with Crippen LogP contribution in [0.1, 0.15) is 16.8 Å². The fourth-order valence-electron chi connectivity index (χ4n) is 1.75. The van der Waals surface area contributed by atoms with E-state index < -0.39 is 11.8 Å². The minimum Gasteiger partial charge on any atom is -0.351 e. The van der Waals surface area contributed by atoms with Crippen molar-refractivity contribution in [3.05, 3.63) is 22.4 Å². The van der Waals surface area contributed by atoms with E-state index in [1.165, 1.54) is 16.2 Å². The van der Waals surface area contributed by atoms with E-state index in [9.17, 15) is 19.2 Å². The zero-order valence-corrected chi connectivity index (χ0v) is 11.4. The molecule has 1 aliphatic heterocycles. The molecule has 106 valence electrons. The second-order valence-electron chi connectivity index (χ2n) is 4.24. The summed E-state index contributed by atoms with van der Waals surface area (Å²) in [7, 11) is 0. The minimum absolute atomic E-state index is 0.0520. The molecule has 7 nitrogen and oxygen atoms in total. The van der Waals surface area contributed by atoms with Gasteiger partial charge >= 0.3 is 0 Å². The van der Waals surface area contributed by atoms with E-state index in [0.717, 1.165) is 0 Å². The van der Waals surface area contributed by atoms with Gasteiger partial charge in [-0.3, -0.25) is 24.5 Å². The Labute approximate surface area is 118 Å². The van der Waals surface area contributed by atoms with E-state index in [4.69, 9.17) is 0 Å². The van der Waals surface area contributed by atoms with Crippen LogP contribution in [0.2, 0.25) is 0 Å². The van der Waals surface area contributed by atoms with Gasteiger partial charge < -0.3 is 10.2 Å². The van der Waals surface area contributed by atoms with Crippen LogP contribution in [-0.4, -0.2) is 48.2 Å². The molecule has 2 rings (SSSR count). The molecule has 4 amide bonds. The molecule has 0 aromatic carbocycles. The summed E-state index contributed by atoms with van der Waals surface area (Å²) in [6.45, 7) is -0.0775. The zero-order valence-electron chi connectivity index (χ0n) is 10.5. The summed E-state index contributed by atoms with van der Waals surface area (Å²) in [4.78, 5) is 46.9. The SMILES string of the molecule is O=C1CN(C(=O)CCNC(=O)c2ccsc2)CC(=O)N1. The number of hydrogen-bond acceptors (Lipinski definition) is 5. The number of nitrogens with zero attached hydrogens (tertiary/aromatic N) is 1. The molecule has 1 aromatic rings. The van der Waals surface area contributed by atoms with Crippen LogP contribution in [0, 0.1) is 0 Å². The first-order valence-corrected chi connectivity index (χ1v) is 6.91. The van der Waals surface area contributed by atoms with Crippen molar-refractivity contribution in [1.29, 1.82) is 0 Å². The van der Waals surface area contributed by atoms with Crippen LogP contribution in [0.3, 0.4) is 0 Å². The predicted molar refractivity (Wildman–Crippen MR) is 71.0 cm³/mol. The van der Waals surface area contributed by atoms with Crippen LogP contribution in [-0.2, 0) is 14.4 Å². The number of carbonyl (C=O) groups excluding carboxylic acids is 4. The van der Waals surface area contributed by atoms with Crippen molar-refractivity contribution < 1.29 is 19.2 Å². The largest absolute Gasteiger partial charge is 0.351 e. The van der Waals surface area contributed by atoms with E-state index >= 15 is 0 Å². The second kappa shape index (κ2) is 6.29. The summed E-state index contributed by atoms with van der Waals surface area (Å²) in [5.74, 6) is -1.56. The van der Waals surface area contributed by atoms with Gasteiger partial charge in [-0.05, 0) is 11.4 Å². The molecule has 0 atom stereocenters. The van der Waals surface area contributed by atoms with Crippen LogP contribution in [0.15, 0.2) is 16.8 Å². The number of amides is 4. The Bertz CT molecular complexity index is 525. The highest BCUT2D eigenvalue weighted by Gasteiger charge is 2.25. The first kappa shape index (κ1) is 14.2. The molecular weight excluding hydrogens is 282 g/mol. The molecular formula is C12H13N3O4S. The third kappa shape index (κ3) is 3.64. The summed E-state index contributed by atoms with van der Waals surface area (Å²) in [5, 5.41) is 8.23. The van der Waals surface area contributed by atoms with Gasteiger partial charge in [-0.1, -0.05) is 0 Å². The Morgan fingerprint density at radius 3 is 2.60 bits per heavy atom. The lowest BCUT2D eigenvalue weighted by molar-refractivity contribution is -0.145. The molecule has 1 fully saturated rings. The lowest BCUT2D eigenvalue weighted by Gasteiger charge is -2.25. The average molecular weight is 295 g/mol. The van der Waals surface area contributed by atoms with Crippen LogP contribution < -0.4 is 10.6 Å². The van der Waals surface area contributed by atoms with E-state index in [1.807, 2.05) is 0 Å². The fourth-order valence-corrected chi connectivity index (χ4v) is 2.39. The van der Waals surface area contributed by atoms with Gasteiger partial charge in [-0.2, -0.15) is 11.3 Å². The molecule has 0 radical (unpaired) electrons. The highest BCUT2D eigenvalue weighted by molar-refractivity contribution is 7.08. The molecule has 0 saturated carbocycles. The van der Waals surface area contributed by atoms with Crippen molar-refractivity contribution in [3.8, 4) is 0 Å². The van der Waals surface area contributed by atoms with Gasteiger partial charge in [-0.25, -0.2) is 0 Å². The van der Waals surface area contributed by atoms with Gasteiger partial charge in [0.05, 0.1) is 0 Å². The number of rotatable bonds is 4.